The van der Waals surface area contributed by atoms with Gasteiger partial charge in [-0.1, -0.05) is 12.8 Å². The maximum atomic E-state index is 5.30. The molecule has 1 heterocycles. The van der Waals surface area contributed by atoms with Crippen molar-refractivity contribution in [2.24, 2.45) is 16.6 Å². The highest BCUT2D eigenvalue weighted by atomic mass is 32.1. The van der Waals surface area contributed by atoms with Gasteiger partial charge in [-0.15, -0.1) is 4.41 Å². The molecule has 1 aliphatic heterocycles. The van der Waals surface area contributed by atoms with Crippen molar-refractivity contribution in [3.63, 3.8) is 0 Å². The maximum absolute atomic E-state index is 5.30. The van der Waals surface area contributed by atoms with Crippen LogP contribution in [0.25, 0.3) is 0 Å². The molecule has 4 N–H and O–H groups in total. The molecule has 0 aromatic rings. The van der Waals surface area contributed by atoms with Crippen molar-refractivity contribution in [1.29, 1.82) is 0 Å². The van der Waals surface area contributed by atoms with Gasteiger partial charge in [-0.2, -0.15) is 0 Å². The molecule has 5 nitrogen and oxygen atoms in total. The Morgan fingerprint density at radius 2 is 2.38 bits per heavy atom. The van der Waals surface area contributed by atoms with Crippen LogP contribution in [0.5, 0.6) is 0 Å². The van der Waals surface area contributed by atoms with Crippen LogP contribution in [-0.2, 0) is 0 Å². The van der Waals surface area contributed by atoms with Crippen molar-refractivity contribution in [3.05, 3.63) is 0 Å². The molecule has 8 heavy (non-hydrogen) atoms. The molecule has 1 rings (SSSR count). The number of hydrogen-bond donors (Lipinski definition) is 3. The Morgan fingerprint density at radius 3 is 2.50 bits per heavy atom. The van der Waals surface area contributed by atoms with Crippen molar-refractivity contribution >= 4 is 19.2 Å². The molecule has 0 radical (unpaired) electrons. The first-order chi connectivity index (χ1) is 3.72. The van der Waals surface area contributed by atoms with Gasteiger partial charge < -0.3 is 0 Å². The Bertz CT molecular complexity index is 101. The van der Waals surface area contributed by atoms with Gasteiger partial charge in [0.25, 0.3) is 0 Å². The van der Waals surface area contributed by atoms with Gasteiger partial charge in [0.2, 0.25) is 0 Å². The lowest BCUT2D eigenvalue weighted by atomic mass is 11.0. The van der Waals surface area contributed by atoms with E-state index in [2.05, 4.69) is 17.8 Å². The third-order valence-corrected chi connectivity index (χ3v) is 1.25. The number of hydrogen-bond acceptors (Lipinski definition) is 6. The van der Waals surface area contributed by atoms with Gasteiger partial charge in [-0.25, -0.2) is 16.0 Å². The van der Waals surface area contributed by atoms with Crippen molar-refractivity contribution < 1.29 is 0 Å². The molecule has 0 aromatic carbocycles. The second kappa shape index (κ2) is 1.90. The van der Waals surface area contributed by atoms with Crippen molar-refractivity contribution in [2.45, 2.75) is 6.29 Å². The van der Waals surface area contributed by atoms with Crippen LogP contribution in [-0.4, -0.2) is 22.2 Å². The summed E-state index contributed by atoms with van der Waals surface area (Å²) in [6, 6.07) is 0. The smallest absolute Gasteiger partial charge is 0.183 e. The van der Waals surface area contributed by atoms with Crippen LogP contribution in [0.4, 0.5) is 0 Å². The topological polar surface area (TPSA) is 70.9 Å². The summed E-state index contributed by atoms with van der Waals surface area (Å²) in [5, 5.41) is 1.20. The van der Waals surface area contributed by atoms with E-state index in [0.717, 1.165) is 0 Å². The predicted molar refractivity (Wildman–Crippen MR) is 33.3 cm³/mol. The lowest BCUT2D eigenvalue weighted by Gasteiger charge is -2.18. The fourth-order valence-electron chi connectivity index (χ4n) is 0.386. The summed E-state index contributed by atoms with van der Waals surface area (Å²) < 4.78 is 1.31. The van der Waals surface area contributed by atoms with E-state index in [-0.39, 0.29) is 0 Å². The first-order valence-corrected chi connectivity index (χ1v) is 2.42. The van der Waals surface area contributed by atoms with Gasteiger partial charge in [0.15, 0.2) is 6.29 Å². The summed E-state index contributed by atoms with van der Waals surface area (Å²) in [6.07, 6.45) is 0.959. The number of nitrogens with two attached hydrogens (primary N) is 2. The second-order valence-corrected chi connectivity index (χ2v) is 1.79. The number of aliphatic imine (C=N–C) groups is 1. The van der Waals surface area contributed by atoms with Crippen molar-refractivity contribution in [1.82, 2.24) is 9.53 Å². The number of thiol groups is 1. The highest BCUT2D eigenvalue weighted by Gasteiger charge is 2.17. The minimum absolute atomic E-state index is 0.441. The van der Waals surface area contributed by atoms with Crippen LogP contribution < -0.4 is 11.6 Å². The van der Waals surface area contributed by atoms with Crippen molar-refractivity contribution in [2.75, 3.05) is 0 Å². The molecular formula is C2H7N5S. The molecule has 0 saturated carbocycles. The average Bonchev–Trinajstić information content (AvgIpc) is 1.98. The summed E-state index contributed by atoms with van der Waals surface area (Å²) in [5.74, 6) is 5.22. The SMILES string of the molecule is NC1N=CN(N)N1S. The molecular weight excluding hydrogens is 126 g/mol. The third-order valence-electron chi connectivity index (χ3n) is 0.811. The third kappa shape index (κ3) is 0.781. The fraction of sp³-hybridized carbons (Fsp3) is 0.500. The van der Waals surface area contributed by atoms with Gasteiger partial charge in [0.05, 0.1) is 0 Å². The van der Waals surface area contributed by atoms with Crippen LogP contribution >= 0.6 is 12.8 Å². The quantitative estimate of drug-likeness (QED) is 0.278. The van der Waals surface area contributed by atoms with Crippen LogP contribution in [0.1, 0.15) is 0 Å². The largest absolute Gasteiger partial charge is 0.295 e. The van der Waals surface area contributed by atoms with Gasteiger partial charge >= 0.3 is 0 Å². The van der Waals surface area contributed by atoms with Gasteiger partial charge in [0, 0.05) is 0 Å². The lowest BCUT2D eigenvalue weighted by Crippen LogP contribution is -2.43. The molecule has 0 aliphatic carbocycles. The molecule has 0 fully saturated rings. The zero-order valence-corrected chi connectivity index (χ0v) is 4.99. The molecule has 1 aliphatic rings. The molecule has 0 aromatic heterocycles. The Labute approximate surface area is 52.4 Å². The Kier molecular flexibility index (Phi) is 1.39. The summed E-state index contributed by atoms with van der Waals surface area (Å²) in [7, 11) is 0. The lowest BCUT2D eigenvalue weighted by molar-refractivity contribution is 0.160. The average molecular weight is 133 g/mol. The van der Waals surface area contributed by atoms with E-state index in [1.165, 1.54) is 15.9 Å². The number of rotatable bonds is 0. The summed E-state index contributed by atoms with van der Waals surface area (Å²) in [5.41, 5.74) is 5.30. The summed E-state index contributed by atoms with van der Waals surface area (Å²) >= 11 is 3.87. The van der Waals surface area contributed by atoms with E-state index in [1.807, 2.05) is 0 Å². The van der Waals surface area contributed by atoms with Crippen LogP contribution in [0, 0.1) is 0 Å². The van der Waals surface area contributed by atoms with Gasteiger partial charge in [-0.3, -0.25) is 5.73 Å². The zero-order valence-electron chi connectivity index (χ0n) is 4.10. The highest BCUT2D eigenvalue weighted by Crippen LogP contribution is 2.04. The Hall–Kier alpha value is -0.300. The summed E-state index contributed by atoms with van der Waals surface area (Å²) in [4.78, 5) is 3.70. The summed E-state index contributed by atoms with van der Waals surface area (Å²) in [6.45, 7) is 0. The second-order valence-electron chi connectivity index (χ2n) is 1.38. The van der Waals surface area contributed by atoms with Gasteiger partial charge in [-0.05, 0) is 0 Å². The zero-order chi connectivity index (χ0) is 6.15. The van der Waals surface area contributed by atoms with Gasteiger partial charge in [0.1, 0.15) is 6.34 Å². The van der Waals surface area contributed by atoms with E-state index < -0.39 is 6.29 Å². The fourth-order valence-corrected chi connectivity index (χ4v) is 0.492. The van der Waals surface area contributed by atoms with Crippen molar-refractivity contribution in [3.8, 4) is 0 Å². The minimum atomic E-state index is -0.441. The van der Waals surface area contributed by atoms with Crippen LogP contribution in [0.3, 0.4) is 0 Å². The molecule has 0 saturated heterocycles. The first kappa shape index (κ1) is 5.83. The van der Waals surface area contributed by atoms with E-state index in [0.29, 0.717) is 0 Å². The molecule has 46 valence electrons. The number of hydrazine groups is 2. The van der Waals surface area contributed by atoms with E-state index in [9.17, 15) is 0 Å². The molecule has 0 bridgehead atoms. The first-order valence-electron chi connectivity index (χ1n) is 2.02. The molecule has 0 amide bonds. The Balaban J connectivity index is 2.55. The highest BCUT2D eigenvalue weighted by molar-refractivity contribution is 7.77. The molecule has 6 heteroatoms. The molecule has 1 unspecified atom stereocenters. The van der Waals surface area contributed by atoms with E-state index >= 15 is 0 Å². The Morgan fingerprint density at radius 1 is 1.75 bits per heavy atom. The minimum Gasteiger partial charge on any atom is -0.295 e. The van der Waals surface area contributed by atoms with E-state index in [4.69, 9.17) is 11.6 Å². The maximum Gasteiger partial charge on any atom is 0.183 e. The number of nitrogens with zero attached hydrogens (tertiary/aromatic N) is 3. The van der Waals surface area contributed by atoms with Crippen LogP contribution in [0.15, 0.2) is 4.99 Å². The standard InChI is InChI=1S/C2H7N5S/c3-2-5-1-6(4)7(2)8/h1-2,8H,3-4H2. The normalized spacial score (nSPS) is 29.9. The molecule has 1 atom stereocenters. The molecule has 0 spiro atoms. The van der Waals surface area contributed by atoms with Crippen LogP contribution in [0.2, 0.25) is 0 Å². The predicted octanol–water partition coefficient (Wildman–Crippen LogP) is -1.49. The van der Waals surface area contributed by atoms with E-state index in [1.54, 1.807) is 0 Å². The monoisotopic (exact) mass is 133 g/mol.